The number of carbonyl (C=O) groups is 3. The maximum absolute atomic E-state index is 14.9. The Morgan fingerprint density at radius 2 is 1.71 bits per heavy atom. The predicted molar refractivity (Wildman–Crippen MR) is 159 cm³/mol. The lowest BCUT2D eigenvalue weighted by molar-refractivity contribution is -0.163. The quantitative estimate of drug-likeness (QED) is 0.404. The van der Waals surface area contributed by atoms with Gasteiger partial charge in [-0.1, -0.05) is 75.4 Å². The van der Waals surface area contributed by atoms with Crippen LogP contribution in [0.3, 0.4) is 0 Å². The lowest BCUT2D eigenvalue weighted by Gasteiger charge is -2.45. The number of cyclic esters (lactones) is 1. The third-order valence-electron chi connectivity index (χ3n) is 9.30. The summed E-state index contributed by atoms with van der Waals surface area (Å²) in [5.41, 5.74) is -2.18. The minimum atomic E-state index is -1.40. The average Bonchev–Trinajstić information content (AvgIpc) is 3.25. The summed E-state index contributed by atoms with van der Waals surface area (Å²) in [7, 11) is 0. The number of rotatable bonds is 6. The molecule has 1 spiro atoms. The molecule has 1 aromatic rings. The van der Waals surface area contributed by atoms with Crippen molar-refractivity contribution in [2.45, 2.75) is 96.1 Å². The molecule has 1 N–H and O–H groups in total. The van der Waals surface area contributed by atoms with Gasteiger partial charge in [-0.25, -0.2) is 0 Å². The van der Waals surface area contributed by atoms with Gasteiger partial charge in [-0.15, -0.1) is 0 Å². The van der Waals surface area contributed by atoms with E-state index in [9.17, 15) is 19.5 Å². The predicted octanol–water partition coefficient (Wildman–Crippen LogP) is 4.07. The molecule has 0 bridgehead atoms. The molecule has 0 saturated carbocycles. The van der Waals surface area contributed by atoms with Crippen LogP contribution >= 0.6 is 0 Å². The zero-order chi connectivity index (χ0) is 30.5. The van der Waals surface area contributed by atoms with Crippen molar-refractivity contribution < 1.29 is 29.0 Å². The maximum atomic E-state index is 14.9. The Bertz CT molecular complexity index is 1270. The molecule has 4 aliphatic rings. The summed E-state index contributed by atoms with van der Waals surface area (Å²) in [5, 5.41) is 10.7. The Balaban J connectivity index is 1.66. The number of aliphatic hydroxyl groups is 1. The van der Waals surface area contributed by atoms with Crippen molar-refractivity contribution in [3.05, 3.63) is 60.2 Å². The zero-order valence-corrected chi connectivity index (χ0v) is 25.8. The molecule has 2 fully saturated rings. The largest absolute Gasteiger partial charge is 0.465 e. The van der Waals surface area contributed by atoms with Crippen LogP contribution in [0.25, 0.3) is 0 Å². The third kappa shape index (κ3) is 5.21. The molecule has 228 valence electrons. The van der Waals surface area contributed by atoms with Gasteiger partial charge in [0.25, 0.3) is 0 Å². The van der Waals surface area contributed by atoms with E-state index >= 15 is 0 Å². The van der Waals surface area contributed by atoms with Gasteiger partial charge in [0.1, 0.15) is 17.6 Å². The second-order valence-electron chi connectivity index (χ2n) is 14.4. The minimum absolute atomic E-state index is 0.0536. The first kappa shape index (κ1) is 30.5. The van der Waals surface area contributed by atoms with Gasteiger partial charge >= 0.3 is 5.97 Å². The highest BCUT2D eigenvalue weighted by Gasteiger charge is 2.75. The number of esters is 1. The number of hydrogen-bond donors (Lipinski definition) is 1. The highest BCUT2D eigenvalue weighted by molar-refractivity contribution is 5.99. The van der Waals surface area contributed by atoms with Crippen molar-refractivity contribution in [1.82, 2.24) is 9.80 Å². The number of hydrogen-bond acceptors (Lipinski definition) is 6. The van der Waals surface area contributed by atoms with E-state index < -0.39 is 46.6 Å². The number of carbonyl (C=O) groups excluding carboxylic acids is 3. The molecule has 8 heteroatoms. The van der Waals surface area contributed by atoms with Crippen LogP contribution in [0, 0.1) is 17.3 Å². The summed E-state index contributed by atoms with van der Waals surface area (Å²) in [6, 6.07) is 7.89. The van der Waals surface area contributed by atoms with E-state index in [1.807, 2.05) is 66.5 Å². The molecule has 4 heterocycles. The van der Waals surface area contributed by atoms with Gasteiger partial charge < -0.3 is 24.4 Å². The molecule has 0 aliphatic carbocycles. The van der Waals surface area contributed by atoms with E-state index in [1.165, 1.54) is 0 Å². The van der Waals surface area contributed by atoms with Crippen molar-refractivity contribution >= 4 is 17.8 Å². The number of aliphatic hydroxyl groups excluding tert-OH is 1. The van der Waals surface area contributed by atoms with Gasteiger partial charge in [0, 0.05) is 12.1 Å². The molecule has 2 saturated heterocycles. The molecule has 0 radical (unpaired) electrons. The van der Waals surface area contributed by atoms with E-state index in [-0.39, 0.29) is 30.4 Å². The normalized spacial score (nSPS) is 33.1. The Morgan fingerprint density at radius 3 is 2.38 bits per heavy atom. The maximum Gasteiger partial charge on any atom is 0.313 e. The number of benzene rings is 1. The van der Waals surface area contributed by atoms with E-state index in [1.54, 1.807) is 4.90 Å². The molecule has 1 unspecified atom stereocenters. The lowest BCUT2D eigenvalue weighted by atomic mass is 9.74. The van der Waals surface area contributed by atoms with Crippen LogP contribution in [0.2, 0.25) is 0 Å². The van der Waals surface area contributed by atoms with E-state index in [2.05, 4.69) is 34.6 Å². The fourth-order valence-corrected chi connectivity index (χ4v) is 8.04. The SMILES string of the molecule is CC(C)(C)CC(C)(C)N1CC=C[C@]23O[C@@]4(C)/C=C\CCCOC(=O)[C@H]4[C@H]2C(=O)N([C@@H](CO)Cc2ccccc2)C3C1=O. The van der Waals surface area contributed by atoms with Gasteiger partial charge in [-0.3, -0.25) is 14.4 Å². The first-order valence-electron chi connectivity index (χ1n) is 15.2. The van der Waals surface area contributed by atoms with Crippen LogP contribution in [-0.2, 0) is 30.3 Å². The van der Waals surface area contributed by atoms with Crippen LogP contribution in [0.15, 0.2) is 54.6 Å². The topological polar surface area (TPSA) is 96.4 Å². The Labute approximate surface area is 249 Å². The summed E-state index contributed by atoms with van der Waals surface area (Å²) in [6.07, 6.45) is 10.1. The zero-order valence-electron chi connectivity index (χ0n) is 25.8. The average molecular weight is 579 g/mol. The van der Waals surface area contributed by atoms with Crippen LogP contribution in [0.5, 0.6) is 0 Å². The van der Waals surface area contributed by atoms with Crippen molar-refractivity contribution in [1.29, 1.82) is 0 Å². The van der Waals surface area contributed by atoms with E-state index in [0.717, 1.165) is 12.0 Å². The standard InChI is InChI=1S/C34H46N2O6/c1-31(2,3)22-32(4,5)35-18-13-17-34-25(26-30(40)41-19-12-8-11-16-33(26,6)42-34)28(38)36(27(34)29(35)39)24(21-37)20-23-14-9-7-10-15-23/h7,9-11,13-17,24-27,37H,8,12,18-22H2,1-6H3/b16-11-/t24-,25+,26-,27?,33+,34+/m1/s1. The number of fused-ring (bicyclic) bond motifs is 2. The van der Waals surface area contributed by atoms with E-state index in [4.69, 9.17) is 9.47 Å². The Morgan fingerprint density at radius 1 is 1.00 bits per heavy atom. The summed E-state index contributed by atoms with van der Waals surface area (Å²) in [5.74, 6) is -2.99. The number of amides is 2. The molecule has 42 heavy (non-hydrogen) atoms. The highest BCUT2D eigenvalue weighted by atomic mass is 16.6. The molecule has 0 aromatic heterocycles. The second kappa shape index (κ2) is 10.9. The van der Waals surface area contributed by atoms with Gasteiger partial charge in [0.15, 0.2) is 0 Å². The van der Waals surface area contributed by atoms with Gasteiger partial charge in [0.2, 0.25) is 11.8 Å². The lowest BCUT2D eigenvalue weighted by Crippen LogP contribution is -2.62. The number of allylic oxidation sites excluding steroid dienone is 1. The highest BCUT2D eigenvalue weighted by Crippen LogP contribution is 2.58. The van der Waals surface area contributed by atoms with Gasteiger partial charge in [-0.05, 0) is 57.4 Å². The van der Waals surface area contributed by atoms with Crippen LogP contribution in [-0.4, -0.2) is 81.3 Å². The number of ether oxygens (including phenoxy) is 2. The van der Waals surface area contributed by atoms with Gasteiger partial charge in [-0.2, -0.15) is 0 Å². The van der Waals surface area contributed by atoms with Crippen molar-refractivity contribution in [2.24, 2.45) is 17.3 Å². The first-order valence-corrected chi connectivity index (χ1v) is 15.2. The summed E-state index contributed by atoms with van der Waals surface area (Å²) in [6.45, 7) is 12.6. The second-order valence-corrected chi connectivity index (χ2v) is 14.4. The molecule has 2 amide bonds. The fourth-order valence-electron chi connectivity index (χ4n) is 8.04. The Kier molecular flexibility index (Phi) is 7.94. The molecular weight excluding hydrogens is 532 g/mol. The van der Waals surface area contributed by atoms with Crippen LogP contribution in [0.1, 0.15) is 66.4 Å². The monoisotopic (exact) mass is 578 g/mol. The van der Waals surface area contributed by atoms with E-state index in [0.29, 0.717) is 25.8 Å². The Hall–Kier alpha value is -2.97. The smallest absolute Gasteiger partial charge is 0.313 e. The number of likely N-dealkylation sites (tertiary alicyclic amines) is 1. The van der Waals surface area contributed by atoms with Crippen molar-refractivity contribution in [3.8, 4) is 0 Å². The fraction of sp³-hybridized carbons (Fsp3) is 0.618. The summed E-state index contributed by atoms with van der Waals surface area (Å²) in [4.78, 5) is 46.7. The molecule has 4 aliphatic heterocycles. The van der Waals surface area contributed by atoms with Crippen molar-refractivity contribution in [3.63, 3.8) is 0 Å². The van der Waals surface area contributed by atoms with Gasteiger partial charge in [0.05, 0.1) is 30.8 Å². The molecule has 5 rings (SSSR count). The molecule has 1 aromatic carbocycles. The number of nitrogens with zero attached hydrogens (tertiary/aromatic N) is 2. The minimum Gasteiger partial charge on any atom is -0.465 e. The van der Waals surface area contributed by atoms with Crippen molar-refractivity contribution in [2.75, 3.05) is 19.8 Å². The summed E-state index contributed by atoms with van der Waals surface area (Å²) >= 11 is 0. The molecule has 8 nitrogen and oxygen atoms in total. The summed E-state index contributed by atoms with van der Waals surface area (Å²) < 4.78 is 12.6. The van der Waals surface area contributed by atoms with Crippen LogP contribution in [0.4, 0.5) is 0 Å². The first-order chi connectivity index (χ1) is 19.7. The molecular formula is C34H46N2O6. The van der Waals surface area contributed by atoms with Crippen LogP contribution < -0.4 is 0 Å². The third-order valence-corrected chi connectivity index (χ3v) is 9.30. The molecule has 6 atom stereocenters.